The average molecular weight is 351 g/mol. The number of rotatable bonds is 3. The van der Waals surface area contributed by atoms with E-state index in [-0.39, 0.29) is 11.6 Å². The van der Waals surface area contributed by atoms with Crippen LogP contribution in [0.5, 0.6) is 0 Å². The molecule has 6 nitrogen and oxygen atoms in total. The van der Waals surface area contributed by atoms with Gasteiger partial charge in [0.1, 0.15) is 5.01 Å². The molecular weight excluding hydrogens is 338 g/mol. The number of amides is 1. The van der Waals surface area contributed by atoms with Crippen LogP contribution in [0.2, 0.25) is 0 Å². The van der Waals surface area contributed by atoms with Crippen molar-refractivity contribution in [3.05, 3.63) is 69.2 Å². The lowest BCUT2D eigenvalue weighted by atomic mass is 10.1. The number of anilines is 1. The zero-order valence-electron chi connectivity index (χ0n) is 13.1. The minimum Gasteiger partial charge on any atom is -0.308 e. The van der Waals surface area contributed by atoms with Crippen molar-refractivity contribution in [3.8, 4) is 0 Å². The van der Waals surface area contributed by atoms with Crippen molar-refractivity contribution < 1.29 is 9.72 Å². The predicted molar refractivity (Wildman–Crippen MR) is 97.8 cm³/mol. The lowest BCUT2D eigenvalue weighted by molar-refractivity contribution is -0.384. The average Bonchev–Trinajstić information content (AvgIpc) is 3.22. The molecule has 2 aromatic carbocycles. The number of aromatic nitrogens is 1. The number of carbonyl (C=O) groups excluding carboxylic acids is 1. The van der Waals surface area contributed by atoms with Crippen LogP contribution in [0, 0.1) is 10.1 Å². The first-order valence-corrected chi connectivity index (χ1v) is 8.56. The highest BCUT2D eigenvalue weighted by molar-refractivity contribution is 7.19. The molecule has 0 bridgehead atoms. The van der Waals surface area contributed by atoms with E-state index in [9.17, 15) is 14.9 Å². The van der Waals surface area contributed by atoms with Crippen LogP contribution in [0.3, 0.4) is 0 Å². The Bertz CT molecular complexity index is 992. The molecule has 0 saturated carbocycles. The van der Waals surface area contributed by atoms with Crippen LogP contribution in [0.15, 0.2) is 48.5 Å². The third-order valence-electron chi connectivity index (χ3n) is 4.11. The first-order valence-electron chi connectivity index (χ1n) is 7.74. The second-order valence-corrected chi connectivity index (χ2v) is 6.73. The Hall–Kier alpha value is -3.06. The number of para-hydroxylation sites is 1. The van der Waals surface area contributed by atoms with Gasteiger partial charge in [-0.15, -0.1) is 11.3 Å². The number of nitro benzene ring substituents is 1. The Morgan fingerprint density at radius 1 is 1.28 bits per heavy atom. The molecule has 7 heteroatoms. The lowest BCUT2D eigenvalue weighted by Gasteiger charge is -2.14. The standard InChI is InChI=1S/C18H13N3O3S/c22-18(8-7-17-19-14-3-1-2-4-16(14)25-17)20-10-9-12-11-13(21(23)24)5-6-15(12)20/h1-8,11H,9-10H2/b8-7+. The summed E-state index contributed by atoms with van der Waals surface area (Å²) in [5.41, 5.74) is 2.54. The molecule has 0 spiro atoms. The van der Waals surface area contributed by atoms with E-state index in [1.54, 1.807) is 23.1 Å². The summed E-state index contributed by atoms with van der Waals surface area (Å²) in [6, 6.07) is 12.4. The van der Waals surface area contributed by atoms with Crippen LogP contribution in [0.1, 0.15) is 10.6 Å². The Morgan fingerprint density at radius 3 is 2.92 bits per heavy atom. The van der Waals surface area contributed by atoms with Gasteiger partial charge in [0, 0.05) is 30.4 Å². The smallest absolute Gasteiger partial charge is 0.269 e. The van der Waals surface area contributed by atoms with Gasteiger partial charge in [-0.3, -0.25) is 14.9 Å². The third kappa shape index (κ3) is 2.89. The number of carbonyl (C=O) groups is 1. The van der Waals surface area contributed by atoms with Crippen molar-refractivity contribution in [1.29, 1.82) is 0 Å². The maximum absolute atomic E-state index is 12.5. The number of hydrogen-bond donors (Lipinski definition) is 0. The number of nitrogens with zero attached hydrogens (tertiary/aromatic N) is 3. The van der Waals surface area contributed by atoms with Crippen LogP contribution in [0.25, 0.3) is 16.3 Å². The van der Waals surface area contributed by atoms with E-state index in [2.05, 4.69) is 4.98 Å². The maximum Gasteiger partial charge on any atom is 0.269 e. The number of non-ortho nitro benzene ring substituents is 1. The highest BCUT2D eigenvalue weighted by Gasteiger charge is 2.25. The molecule has 0 N–H and O–H groups in total. The number of nitro groups is 1. The quantitative estimate of drug-likeness (QED) is 0.408. The molecule has 0 unspecified atom stereocenters. The number of fused-ring (bicyclic) bond motifs is 2. The fraction of sp³-hybridized carbons (Fsp3) is 0.111. The van der Waals surface area contributed by atoms with Crippen LogP contribution in [-0.2, 0) is 11.2 Å². The molecule has 124 valence electrons. The summed E-state index contributed by atoms with van der Waals surface area (Å²) >= 11 is 1.53. The molecule has 0 saturated heterocycles. The molecule has 25 heavy (non-hydrogen) atoms. The predicted octanol–water partition coefficient (Wildman–Crippen LogP) is 3.81. The molecule has 0 atom stereocenters. The van der Waals surface area contributed by atoms with Crippen LogP contribution < -0.4 is 4.90 Å². The maximum atomic E-state index is 12.5. The van der Waals surface area contributed by atoms with E-state index in [0.717, 1.165) is 26.5 Å². The minimum atomic E-state index is -0.419. The third-order valence-corrected chi connectivity index (χ3v) is 5.12. The summed E-state index contributed by atoms with van der Waals surface area (Å²) in [4.78, 5) is 29.1. The zero-order valence-corrected chi connectivity index (χ0v) is 13.9. The number of thiazole rings is 1. The molecule has 0 radical (unpaired) electrons. The zero-order chi connectivity index (χ0) is 17.4. The lowest BCUT2D eigenvalue weighted by Crippen LogP contribution is -2.26. The largest absolute Gasteiger partial charge is 0.308 e. The van der Waals surface area contributed by atoms with E-state index in [4.69, 9.17) is 0 Å². The van der Waals surface area contributed by atoms with Crippen molar-refractivity contribution >= 4 is 44.9 Å². The van der Waals surface area contributed by atoms with Gasteiger partial charge >= 0.3 is 0 Å². The first kappa shape index (κ1) is 15.5. The highest BCUT2D eigenvalue weighted by Crippen LogP contribution is 2.31. The number of hydrogen-bond acceptors (Lipinski definition) is 5. The van der Waals surface area contributed by atoms with Gasteiger partial charge in [-0.25, -0.2) is 4.98 Å². The summed E-state index contributed by atoms with van der Waals surface area (Å²) in [5.74, 6) is -0.146. The summed E-state index contributed by atoms with van der Waals surface area (Å²) < 4.78 is 1.08. The molecular formula is C18H13N3O3S. The minimum absolute atomic E-state index is 0.0538. The molecule has 1 aromatic heterocycles. The van der Waals surface area contributed by atoms with Crippen molar-refractivity contribution in [1.82, 2.24) is 4.98 Å². The normalized spacial score (nSPS) is 13.5. The van der Waals surface area contributed by atoms with Crippen molar-refractivity contribution in [3.63, 3.8) is 0 Å². The van der Waals surface area contributed by atoms with E-state index in [1.165, 1.54) is 23.5 Å². The summed E-state index contributed by atoms with van der Waals surface area (Å²) in [5, 5.41) is 11.6. The summed E-state index contributed by atoms with van der Waals surface area (Å²) in [6.45, 7) is 0.527. The van der Waals surface area contributed by atoms with Gasteiger partial charge in [0.15, 0.2) is 0 Å². The van der Waals surface area contributed by atoms with Gasteiger partial charge in [0.05, 0.1) is 15.1 Å². The molecule has 1 aliphatic rings. The summed E-state index contributed by atoms with van der Waals surface area (Å²) in [6.07, 6.45) is 3.85. The first-order chi connectivity index (χ1) is 12.1. The van der Waals surface area contributed by atoms with E-state index in [0.29, 0.717) is 13.0 Å². The summed E-state index contributed by atoms with van der Waals surface area (Å²) in [7, 11) is 0. The van der Waals surface area contributed by atoms with Gasteiger partial charge in [-0.1, -0.05) is 12.1 Å². The Kier molecular flexibility index (Phi) is 3.77. The van der Waals surface area contributed by atoms with E-state index < -0.39 is 4.92 Å². The van der Waals surface area contributed by atoms with Crippen molar-refractivity contribution in [2.24, 2.45) is 0 Å². The molecule has 0 aliphatic carbocycles. The topological polar surface area (TPSA) is 76.3 Å². The van der Waals surface area contributed by atoms with Gasteiger partial charge in [0.25, 0.3) is 11.6 Å². The van der Waals surface area contributed by atoms with Crippen LogP contribution in [-0.4, -0.2) is 22.4 Å². The number of benzene rings is 2. The SMILES string of the molecule is O=C(/C=C/c1nc2ccccc2s1)N1CCc2cc([N+](=O)[O-])ccc21. The van der Waals surface area contributed by atoms with Crippen LogP contribution >= 0.6 is 11.3 Å². The second kappa shape index (κ2) is 6.10. The van der Waals surface area contributed by atoms with Crippen molar-refractivity contribution in [2.75, 3.05) is 11.4 Å². The van der Waals surface area contributed by atoms with Gasteiger partial charge in [-0.05, 0) is 36.3 Å². The Labute approximate surface area is 147 Å². The fourth-order valence-corrected chi connectivity index (χ4v) is 3.79. The molecule has 2 heterocycles. The fourth-order valence-electron chi connectivity index (χ4n) is 2.92. The molecule has 3 aromatic rings. The highest BCUT2D eigenvalue weighted by atomic mass is 32.1. The van der Waals surface area contributed by atoms with E-state index in [1.807, 2.05) is 24.3 Å². The molecule has 1 amide bonds. The molecule has 0 fully saturated rings. The van der Waals surface area contributed by atoms with Gasteiger partial charge < -0.3 is 4.90 Å². The molecule has 4 rings (SSSR count). The second-order valence-electron chi connectivity index (χ2n) is 5.66. The Morgan fingerprint density at radius 2 is 2.12 bits per heavy atom. The monoisotopic (exact) mass is 351 g/mol. The van der Waals surface area contributed by atoms with E-state index >= 15 is 0 Å². The van der Waals surface area contributed by atoms with Crippen LogP contribution in [0.4, 0.5) is 11.4 Å². The van der Waals surface area contributed by atoms with Gasteiger partial charge in [0.2, 0.25) is 0 Å². The van der Waals surface area contributed by atoms with Gasteiger partial charge in [-0.2, -0.15) is 0 Å². The Balaban J connectivity index is 1.55. The molecule has 1 aliphatic heterocycles. The van der Waals surface area contributed by atoms with Crippen molar-refractivity contribution in [2.45, 2.75) is 6.42 Å².